The number of nitrogens with zero attached hydrogens (tertiary/aromatic N) is 1. The molecule has 0 atom stereocenters. The first-order valence-electron chi connectivity index (χ1n) is 9.29. The van der Waals surface area contributed by atoms with Crippen LogP contribution in [-0.4, -0.2) is 38.1 Å². The first kappa shape index (κ1) is 21.3. The molecule has 30 heavy (non-hydrogen) atoms. The molecule has 0 bridgehead atoms. The first-order valence-corrected chi connectivity index (χ1v) is 10.2. The predicted molar refractivity (Wildman–Crippen MR) is 117 cm³/mol. The van der Waals surface area contributed by atoms with E-state index in [1.165, 1.54) is 11.3 Å². The second-order valence-electron chi connectivity index (χ2n) is 6.45. The zero-order chi connectivity index (χ0) is 21.5. The summed E-state index contributed by atoms with van der Waals surface area (Å²) in [5.41, 5.74) is 2.95. The molecule has 0 unspecified atom stereocenters. The van der Waals surface area contributed by atoms with Crippen molar-refractivity contribution < 1.29 is 19.1 Å². The van der Waals surface area contributed by atoms with Crippen LogP contribution in [0.15, 0.2) is 47.8 Å². The molecule has 156 valence electrons. The van der Waals surface area contributed by atoms with Gasteiger partial charge in [0.05, 0.1) is 32.8 Å². The number of hydrogen-bond acceptors (Lipinski definition) is 6. The van der Waals surface area contributed by atoms with Crippen LogP contribution in [0.3, 0.4) is 0 Å². The minimum atomic E-state index is -0.191. The molecule has 0 aliphatic carbocycles. The van der Waals surface area contributed by atoms with Crippen molar-refractivity contribution in [1.29, 1.82) is 0 Å². The Morgan fingerprint density at radius 1 is 1.00 bits per heavy atom. The standard InChI is InChI=1S/C22H23N3O4S/c1-23-20(26)11-14-6-4-5-7-17(14)25-21(27)12-16-13-30-22(24-16)15-8-9-18(28-2)19(10-15)29-3/h4-10,13H,11-12H2,1-3H3,(H,23,26)(H,25,27). The summed E-state index contributed by atoms with van der Waals surface area (Å²) >= 11 is 1.46. The fraction of sp³-hybridized carbons (Fsp3) is 0.227. The third-order valence-electron chi connectivity index (χ3n) is 4.45. The third-order valence-corrected chi connectivity index (χ3v) is 5.39. The summed E-state index contributed by atoms with van der Waals surface area (Å²) in [4.78, 5) is 28.8. The van der Waals surface area contributed by atoms with Gasteiger partial charge in [0.1, 0.15) is 5.01 Å². The van der Waals surface area contributed by atoms with Gasteiger partial charge in [-0.3, -0.25) is 9.59 Å². The van der Waals surface area contributed by atoms with Gasteiger partial charge in [0, 0.05) is 23.7 Å². The van der Waals surface area contributed by atoms with Gasteiger partial charge in [0.15, 0.2) is 11.5 Å². The normalized spacial score (nSPS) is 10.4. The molecule has 0 aliphatic heterocycles. The number of rotatable bonds is 8. The minimum Gasteiger partial charge on any atom is -0.493 e. The van der Waals surface area contributed by atoms with Crippen molar-refractivity contribution in [3.63, 3.8) is 0 Å². The Hall–Kier alpha value is -3.39. The van der Waals surface area contributed by atoms with E-state index < -0.39 is 0 Å². The lowest BCUT2D eigenvalue weighted by molar-refractivity contribution is -0.120. The molecule has 0 aliphatic rings. The Morgan fingerprint density at radius 3 is 2.50 bits per heavy atom. The van der Waals surface area contributed by atoms with Crippen molar-refractivity contribution in [2.24, 2.45) is 0 Å². The summed E-state index contributed by atoms with van der Waals surface area (Å²) in [6, 6.07) is 12.8. The molecule has 1 aromatic heterocycles. The van der Waals surface area contributed by atoms with E-state index in [-0.39, 0.29) is 24.7 Å². The van der Waals surface area contributed by atoms with Gasteiger partial charge in [-0.2, -0.15) is 0 Å². The van der Waals surface area contributed by atoms with Crippen LogP contribution in [0.25, 0.3) is 10.6 Å². The molecule has 8 heteroatoms. The van der Waals surface area contributed by atoms with Crippen LogP contribution in [-0.2, 0) is 22.4 Å². The van der Waals surface area contributed by atoms with Crippen molar-refractivity contribution >= 4 is 28.8 Å². The maximum Gasteiger partial charge on any atom is 0.230 e. The van der Waals surface area contributed by atoms with Crippen molar-refractivity contribution in [2.75, 3.05) is 26.6 Å². The molecule has 1 heterocycles. The molecular formula is C22H23N3O4S. The predicted octanol–water partition coefficient (Wildman–Crippen LogP) is 3.30. The summed E-state index contributed by atoms with van der Waals surface area (Å²) in [5.74, 6) is 0.962. The monoisotopic (exact) mass is 425 g/mol. The highest BCUT2D eigenvalue weighted by atomic mass is 32.1. The van der Waals surface area contributed by atoms with E-state index in [1.54, 1.807) is 27.3 Å². The van der Waals surface area contributed by atoms with Gasteiger partial charge in [-0.25, -0.2) is 4.98 Å². The number of carbonyl (C=O) groups is 2. The molecule has 2 amide bonds. The maximum absolute atomic E-state index is 12.5. The topological polar surface area (TPSA) is 89.6 Å². The van der Waals surface area contributed by atoms with Crippen LogP contribution in [0.2, 0.25) is 0 Å². The van der Waals surface area contributed by atoms with E-state index >= 15 is 0 Å². The van der Waals surface area contributed by atoms with Gasteiger partial charge in [0.25, 0.3) is 0 Å². The number of anilines is 1. The highest BCUT2D eigenvalue weighted by molar-refractivity contribution is 7.13. The van der Waals surface area contributed by atoms with E-state index in [1.807, 2.05) is 41.8 Å². The number of methoxy groups -OCH3 is 2. The van der Waals surface area contributed by atoms with Gasteiger partial charge in [-0.05, 0) is 29.8 Å². The van der Waals surface area contributed by atoms with Crippen molar-refractivity contribution in [2.45, 2.75) is 12.8 Å². The SMILES string of the molecule is CNC(=O)Cc1ccccc1NC(=O)Cc1csc(-c2ccc(OC)c(OC)c2)n1. The van der Waals surface area contributed by atoms with Crippen molar-refractivity contribution in [3.8, 4) is 22.1 Å². The van der Waals surface area contributed by atoms with E-state index in [0.717, 1.165) is 16.1 Å². The number of ether oxygens (including phenoxy) is 2. The third kappa shape index (κ3) is 5.15. The summed E-state index contributed by atoms with van der Waals surface area (Å²) < 4.78 is 10.6. The second kappa shape index (κ2) is 9.89. The fourth-order valence-corrected chi connectivity index (χ4v) is 3.72. The molecule has 0 fully saturated rings. The molecule has 2 N–H and O–H groups in total. The van der Waals surface area contributed by atoms with Crippen LogP contribution in [0, 0.1) is 0 Å². The molecule has 7 nitrogen and oxygen atoms in total. The number of thiazole rings is 1. The quantitative estimate of drug-likeness (QED) is 0.578. The summed E-state index contributed by atoms with van der Waals surface area (Å²) in [7, 11) is 4.76. The highest BCUT2D eigenvalue weighted by Gasteiger charge is 2.13. The number of para-hydroxylation sites is 1. The minimum absolute atomic E-state index is 0.115. The average Bonchev–Trinajstić information content (AvgIpc) is 3.22. The number of nitrogens with one attached hydrogen (secondary N) is 2. The number of carbonyl (C=O) groups excluding carboxylic acids is 2. The average molecular weight is 426 g/mol. The lowest BCUT2D eigenvalue weighted by Gasteiger charge is -2.10. The summed E-state index contributed by atoms with van der Waals surface area (Å²) in [5, 5.41) is 8.12. The number of benzene rings is 2. The van der Waals surface area contributed by atoms with Crippen LogP contribution in [0.5, 0.6) is 11.5 Å². The Labute approximate surface area is 179 Å². The van der Waals surface area contributed by atoms with E-state index in [2.05, 4.69) is 15.6 Å². The first-order chi connectivity index (χ1) is 14.5. The number of likely N-dealkylation sites (N-methyl/N-ethyl adjacent to an activating group) is 1. The summed E-state index contributed by atoms with van der Waals surface area (Å²) in [6.45, 7) is 0. The smallest absolute Gasteiger partial charge is 0.230 e. The second-order valence-corrected chi connectivity index (χ2v) is 7.30. The Bertz CT molecular complexity index is 1050. The zero-order valence-corrected chi connectivity index (χ0v) is 17.8. The van der Waals surface area contributed by atoms with Gasteiger partial charge in [0.2, 0.25) is 11.8 Å². The van der Waals surface area contributed by atoms with Crippen LogP contribution >= 0.6 is 11.3 Å². The lowest BCUT2D eigenvalue weighted by atomic mass is 10.1. The Kier molecular flexibility index (Phi) is 7.03. The number of aromatic nitrogens is 1. The molecule has 3 rings (SSSR count). The van der Waals surface area contributed by atoms with E-state index in [0.29, 0.717) is 22.9 Å². The van der Waals surface area contributed by atoms with Crippen LogP contribution in [0.4, 0.5) is 5.69 Å². The molecule has 0 spiro atoms. The molecule has 0 radical (unpaired) electrons. The maximum atomic E-state index is 12.5. The van der Waals surface area contributed by atoms with E-state index in [4.69, 9.17) is 9.47 Å². The fourth-order valence-electron chi connectivity index (χ4n) is 2.91. The van der Waals surface area contributed by atoms with Crippen LogP contribution in [0.1, 0.15) is 11.3 Å². The Balaban J connectivity index is 1.70. The van der Waals surface area contributed by atoms with Crippen molar-refractivity contribution in [3.05, 3.63) is 59.1 Å². The van der Waals surface area contributed by atoms with Crippen LogP contribution < -0.4 is 20.1 Å². The van der Waals surface area contributed by atoms with Gasteiger partial charge in [-0.1, -0.05) is 18.2 Å². The lowest BCUT2D eigenvalue weighted by Crippen LogP contribution is -2.22. The van der Waals surface area contributed by atoms with Gasteiger partial charge in [-0.15, -0.1) is 11.3 Å². The zero-order valence-electron chi connectivity index (χ0n) is 17.0. The van der Waals surface area contributed by atoms with E-state index in [9.17, 15) is 9.59 Å². The summed E-state index contributed by atoms with van der Waals surface area (Å²) in [6.07, 6.45) is 0.338. The number of amides is 2. The van der Waals surface area contributed by atoms with Gasteiger partial charge >= 0.3 is 0 Å². The largest absolute Gasteiger partial charge is 0.493 e. The highest BCUT2D eigenvalue weighted by Crippen LogP contribution is 2.33. The Morgan fingerprint density at radius 2 is 1.77 bits per heavy atom. The molecule has 0 saturated carbocycles. The number of hydrogen-bond donors (Lipinski definition) is 2. The molecular weight excluding hydrogens is 402 g/mol. The molecule has 2 aromatic carbocycles. The molecule has 0 saturated heterocycles. The van der Waals surface area contributed by atoms with Crippen molar-refractivity contribution in [1.82, 2.24) is 10.3 Å². The van der Waals surface area contributed by atoms with Gasteiger partial charge < -0.3 is 20.1 Å². The molecule has 3 aromatic rings.